The van der Waals surface area contributed by atoms with E-state index in [1.807, 2.05) is 31.3 Å². The van der Waals surface area contributed by atoms with Crippen molar-refractivity contribution in [1.82, 2.24) is 4.98 Å². The van der Waals surface area contributed by atoms with Crippen LogP contribution in [0.15, 0.2) is 24.4 Å². The molecule has 1 aliphatic heterocycles. The van der Waals surface area contributed by atoms with Crippen LogP contribution in [0.25, 0.3) is 10.6 Å². The second-order valence-electron chi connectivity index (χ2n) is 3.34. The molecule has 0 saturated heterocycles. The molecule has 3 nitrogen and oxygen atoms in total. The molecule has 76 valence electrons. The zero-order valence-electron chi connectivity index (χ0n) is 8.19. The van der Waals surface area contributed by atoms with Crippen molar-refractivity contribution in [3.63, 3.8) is 0 Å². The van der Waals surface area contributed by atoms with E-state index in [-0.39, 0.29) is 0 Å². The van der Waals surface area contributed by atoms with Crippen LogP contribution >= 0.6 is 11.3 Å². The summed E-state index contributed by atoms with van der Waals surface area (Å²) in [5, 5.41) is 1.02. The van der Waals surface area contributed by atoms with E-state index in [1.54, 1.807) is 11.3 Å². The van der Waals surface area contributed by atoms with Crippen molar-refractivity contribution in [2.24, 2.45) is 0 Å². The van der Waals surface area contributed by atoms with Crippen LogP contribution in [0, 0.1) is 6.92 Å². The van der Waals surface area contributed by atoms with Gasteiger partial charge in [-0.2, -0.15) is 0 Å². The summed E-state index contributed by atoms with van der Waals surface area (Å²) in [4.78, 5) is 5.54. The number of hydrogen-bond donors (Lipinski definition) is 0. The molecule has 0 aliphatic carbocycles. The second kappa shape index (κ2) is 3.24. The Morgan fingerprint density at radius 1 is 1.27 bits per heavy atom. The third-order valence-corrected chi connectivity index (χ3v) is 3.20. The molecule has 0 bridgehead atoms. The molecule has 0 atom stereocenters. The minimum absolute atomic E-state index is 0.315. The van der Waals surface area contributed by atoms with Crippen molar-refractivity contribution in [3.05, 3.63) is 29.3 Å². The highest BCUT2D eigenvalue weighted by atomic mass is 32.1. The van der Waals surface area contributed by atoms with E-state index in [1.165, 1.54) is 4.88 Å². The van der Waals surface area contributed by atoms with Crippen LogP contribution in [0.5, 0.6) is 11.5 Å². The lowest BCUT2D eigenvalue weighted by Crippen LogP contribution is -1.92. The van der Waals surface area contributed by atoms with E-state index in [2.05, 4.69) is 4.98 Å². The molecular weight excluding hydrogens is 210 g/mol. The van der Waals surface area contributed by atoms with Crippen LogP contribution in [0.4, 0.5) is 0 Å². The number of ether oxygens (including phenoxy) is 2. The largest absolute Gasteiger partial charge is 0.454 e. The molecule has 1 aromatic carbocycles. The van der Waals surface area contributed by atoms with Crippen molar-refractivity contribution >= 4 is 11.3 Å². The van der Waals surface area contributed by atoms with Gasteiger partial charge in [-0.05, 0) is 25.1 Å². The van der Waals surface area contributed by atoms with E-state index in [4.69, 9.17) is 9.47 Å². The first kappa shape index (κ1) is 8.73. The number of aromatic nitrogens is 1. The zero-order valence-corrected chi connectivity index (χ0v) is 9.00. The highest BCUT2D eigenvalue weighted by Gasteiger charge is 2.14. The lowest BCUT2D eigenvalue weighted by molar-refractivity contribution is 0.174. The van der Waals surface area contributed by atoms with Gasteiger partial charge in [-0.3, -0.25) is 0 Å². The molecule has 2 heterocycles. The molecule has 15 heavy (non-hydrogen) atoms. The summed E-state index contributed by atoms with van der Waals surface area (Å²) in [5.41, 5.74) is 1.08. The number of aryl methyl sites for hydroxylation is 1. The number of hydrogen-bond acceptors (Lipinski definition) is 4. The van der Waals surface area contributed by atoms with E-state index in [0.717, 1.165) is 22.1 Å². The molecule has 4 heteroatoms. The Labute approximate surface area is 91.3 Å². The fraction of sp³-hybridized carbons (Fsp3) is 0.182. The van der Waals surface area contributed by atoms with Gasteiger partial charge in [-0.15, -0.1) is 11.3 Å². The van der Waals surface area contributed by atoms with Crippen LogP contribution in [0.2, 0.25) is 0 Å². The van der Waals surface area contributed by atoms with Crippen molar-refractivity contribution < 1.29 is 9.47 Å². The van der Waals surface area contributed by atoms with Crippen LogP contribution < -0.4 is 9.47 Å². The summed E-state index contributed by atoms with van der Waals surface area (Å²) < 4.78 is 10.6. The van der Waals surface area contributed by atoms with Gasteiger partial charge in [-0.1, -0.05) is 0 Å². The van der Waals surface area contributed by atoms with E-state index in [9.17, 15) is 0 Å². The average Bonchev–Trinajstić information content (AvgIpc) is 2.84. The summed E-state index contributed by atoms with van der Waals surface area (Å²) >= 11 is 1.68. The molecule has 0 unspecified atom stereocenters. The lowest BCUT2D eigenvalue weighted by Gasteiger charge is -1.98. The van der Waals surface area contributed by atoms with E-state index < -0.39 is 0 Å². The van der Waals surface area contributed by atoms with Crippen molar-refractivity contribution in [2.45, 2.75) is 6.92 Å². The van der Waals surface area contributed by atoms with Gasteiger partial charge in [0.1, 0.15) is 5.01 Å². The second-order valence-corrected chi connectivity index (χ2v) is 4.58. The van der Waals surface area contributed by atoms with Crippen molar-refractivity contribution in [3.8, 4) is 22.1 Å². The van der Waals surface area contributed by atoms with Gasteiger partial charge >= 0.3 is 0 Å². The molecule has 1 aliphatic rings. The maximum Gasteiger partial charge on any atom is 0.231 e. The topological polar surface area (TPSA) is 31.4 Å². The Morgan fingerprint density at radius 3 is 2.93 bits per heavy atom. The van der Waals surface area contributed by atoms with Gasteiger partial charge in [0.2, 0.25) is 6.79 Å². The Hall–Kier alpha value is -1.55. The van der Waals surface area contributed by atoms with Crippen LogP contribution in [-0.4, -0.2) is 11.8 Å². The predicted molar refractivity (Wildman–Crippen MR) is 58.4 cm³/mol. The molecule has 0 N–H and O–H groups in total. The van der Waals surface area contributed by atoms with Crippen molar-refractivity contribution in [2.75, 3.05) is 6.79 Å². The van der Waals surface area contributed by atoms with Crippen LogP contribution in [0.3, 0.4) is 0 Å². The Balaban J connectivity index is 2.06. The van der Waals surface area contributed by atoms with Gasteiger partial charge in [0.05, 0.1) is 0 Å². The SMILES string of the molecule is Cc1cnc(-c2ccc3c(c2)OCO3)s1. The van der Waals surface area contributed by atoms with E-state index >= 15 is 0 Å². The van der Waals surface area contributed by atoms with E-state index in [0.29, 0.717) is 6.79 Å². The molecule has 0 saturated carbocycles. The number of benzene rings is 1. The minimum Gasteiger partial charge on any atom is -0.454 e. The first-order chi connectivity index (χ1) is 7.33. The maximum absolute atomic E-state index is 5.32. The van der Waals surface area contributed by atoms with Gasteiger partial charge in [-0.25, -0.2) is 4.98 Å². The molecule has 1 aromatic heterocycles. The lowest BCUT2D eigenvalue weighted by atomic mass is 10.2. The quantitative estimate of drug-likeness (QED) is 0.739. The first-order valence-corrected chi connectivity index (χ1v) is 5.47. The molecule has 0 spiro atoms. The summed E-state index contributed by atoms with van der Waals surface area (Å²) in [6.45, 7) is 2.36. The molecule has 0 radical (unpaired) electrons. The summed E-state index contributed by atoms with van der Waals surface area (Å²) in [5.74, 6) is 1.62. The smallest absolute Gasteiger partial charge is 0.231 e. The predicted octanol–water partition coefficient (Wildman–Crippen LogP) is 2.85. The summed E-state index contributed by atoms with van der Waals surface area (Å²) in [7, 11) is 0. The normalized spacial score (nSPS) is 13.1. The number of fused-ring (bicyclic) bond motifs is 1. The third kappa shape index (κ3) is 1.47. The molecule has 2 aromatic rings. The Kier molecular flexibility index (Phi) is 1.89. The fourth-order valence-electron chi connectivity index (χ4n) is 1.52. The fourth-order valence-corrected chi connectivity index (χ4v) is 2.28. The first-order valence-electron chi connectivity index (χ1n) is 4.65. The highest BCUT2D eigenvalue weighted by Crippen LogP contribution is 2.36. The van der Waals surface area contributed by atoms with Crippen LogP contribution in [0.1, 0.15) is 4.88 Å². The Bertz CT molecular complexity index is 507. The third-order valence-electron chi connectivity index (χ3n) is 2.24. The summed E-state index contributed by atoms with van der Waals surface area (Å²) in [6.07, 6.45) is 1.88. The molecule has 0 amide bonds. The Morgan fingerprint density at radius 2 is 2.13 bits per heavy atom. The minimum atomic E-state index is 0.315. The number of rotatable bonds is 1. The molecule has 3 rings (SSSR count). The monoisotopic (exact) mass is 219 g/mol. The van der Waals surface area contributed by atoms with Gasteiger partial charge in [0, 0.05) is 16.6 Å². The maximum atomic E-state index is 5.32. The summed E-state index contributed by atoms with van der Waals surface area (Å²) in [6, 6.07) is 5.90. The van der Waals surface area contributed by atoms with Gasteiger partial charge < -0.3 is 9.47 Å². The van der Waals surface area contributed by atoms with Gasteiger partial charge in [0.25, 0.3) is 0 Å². The standard InChI is InChI=1S/C11H9NO2S/c1-7-5-12-11(15-7)8-2-3-9-10(4-8)14-6-13-9/h2-5H,6H2,1H3. The molecule has 0 fully saturated rings. The van der Waals surface area contributed by atoms with Crippen molar-refractivity contribution in [1.29, 1.82) is 0 Å². The van der Waals surface area contributed by atoms with Gasteiger partial charge in [0.15, 0.2) is 11.5 Å². The average molecular weight is 219 g/mol. The number of thiazole rings is 1. The number of nitrogens with zero attached hydrogens (tertiary/aromatic N) is 1. The molecular formula is C11H9NO2S. The zero-order chi connectivity index (χ0) is 10.3. The highest BCUT2D eigenvalue weighted by molar-refractivity contribution is 7.14. The van der Waals surface area contributed by atoms with Crippen LogP contribution in [-0.2, 0) is 0 Å².